The average molecular weight is 405 g/mol. The largest absolute Gasteiger partial charge is 0.493 e. The number of Topliss-reactive ketones (excluding diaryl/α,β-unsaturated/α-hetero) is 1. The molecule has 1 amide bonds. The minimum atomic E-state index is -0.854. The minimum absolute atomic E-state index is 0.201. The molecule has 0 fully saturated rings. The van der Waals surface area contributed by atoms with E-state index in [1.165, 1.54) is 31.6 Å². The van der Waals surface area contributed by atoms with E-state index < -0.39 is 18.6 Å². The number of methoxy groups -OCH3 is 2. The standard InChI is InChI=1S/C20H23NO6S/c1-12(2)18(21-19(23)17-6-5-9-28-17)20(24)27-11-14(22)13-7-8-15(25-3)16(10-13)26-4/h5-10,12,18H,11H2,1-4H3,(H,21,23)/t18-/m0/s1. The van der Waals surface area contributed by atoms with Gasteiger partial charge in [-0.1, -0.05) is 19.9 Å². The fourth-order valence-corrected chi connectivity index (χ4v) is 3.06. The fraction of sp³-hybridized carbons (Fsp3) is 0.350. The first-order chi connectivity index (χ1) is 13.4. The van der Waals surface area contributed by atoms with Gasteiger partial charge >= 0.3 is 5.97 Å². The van der Waals surface area contributed by atoms with Crippen molar-refractivity contribution in [3.63, 3.8) is 0 Å². The van der Waals surface area contributed by atoms with Gasteiger partial charge in [-0.3, -0.25) is 9.59 Å². The molecule has 0 bridgehead atoms. The molecule has 28 heavy (non-hydrogen) atoms. The molecule has 1 N–H and O–H groups in total. The van der Waals surface area contributed by atoms with Gasteiger partial charge in [-0.2, -0.15) is 0 Å². The molecule has 2 rings (SSSR count). The number of amides is 1. The van der Waals surface area contributed by atoms with E-state index in [4.69, 9.17) is 14.2 Å². The second-order valence-corrected chi connectivity index (χ2v) is 7.22. The normalized spacial score (nSPS) is 11.6. The Morgan fingerprint density at radius 3 is 2.36 bits per heavy atom. The molecule has 0 saturated carbocycles. The Hall–Kier alpha value is -2.87. The van der Waals surface area contributed by atoms with E-state index in [-0.39, 0.29) is 17.6 Å². The van der Waals surface area contributed by atoms with Crippen LogP contribution < -0.4 is 14.8 Å². The third-order valence-corrected chi connectivity index (χ3v) is 4.87. The zero-order valence-corrected chi connectivity index (χ0v) is 17.0. The topological polar surface area (TPSA) is 90.9 Å². The maximum atomic E-state index is 12.4. The van der Waals surface area contributed by atoms with Gasteiger partial charge in [0.15, 0.2) is 23.9 Å². The quantitative estimate of drug-likeness (QED) is 0.510. The van der Waals surface area contributed by atoms with E-state index in [1.807, 2.05) is 0 Å². The Morgan fingerprint density at radius 2 is 1.79 bits per heavy atom. The van der Waals surface area contributed by atoms with Crippen molar-refractivity contribution in [3.05, 3.63) is 46.2 Å². The van der Waals surface area contributed by atoms with Gasteiger partial charge in [-0.15, -0.1) is 11.3 Å². The highest BCUT2D eigenvalue weighted by atomic mass is 32.1. The summed E-state index contributed by atoms with van der Waals surface area (Å²) < 4.78 is 15.5. The summed E-state index contributed by atoms with van der Waals surface area (Å²) in [6.45, 7) is 3.14. The van der Waals surface area contributed by atoms with E-state index in [2.05, 4.69) is 5.32 Å². The molecule has 0 saturated heterocycles. The van der Waals surface area contributed by atoms with Crippen molar-refractivity contribution < 1.29 is 28.6 Å². The predicted octanol–water partition coefficient (Wildman–Crippen LogP) is 2.95. The number of carbonyl (C=O) groups is 3. The number of benzene rings is 1. The molecule has 0 unspecified atom stereocenters. The van der Waals surface area contributed by atoms with Gasteiger partial charge in [0.25, 0.3) is 5.91 Å². The third kappa shape index (κ3) is 5.32. The Balaban J connectivity index is 2.00. The Bertz CT molecular complexity index is 831. The summed E-state index contributed by atoms with van der Waals surface area (Å²) in [5, 5.41) is 4.44. The number of rotatable bonds is 9. The molecule has 0 radical (unpaired) electrons. The zero-order chi connectivity index (χ0) is 20.7. The summed E-state index contributed by atoms with van der Waals surface area (Å²) in [5.41, 5.74) is 0.328. The van der Waals surface area contributed by atoms with Gasteiger partial charge in [0.2, 0.25) is 0 Å². The zero-order valence-electron chi connectivity index (χ0n) is 16.2. The summed E-state index contributed by atoms with van der Waals surface area (Å²) >= 11 is 1.28. The molecular formula is C20H23NO6S. The molecule has 7 nitrogen and oxygen atoms in total. The summed E-state index contributed by atoms with van der Waals surface area (Å²) in [6, 6.07) is 7.26. The Labute approximate surface area is 167 Å². The number of carbonyl (C=O) groups excluding carboxylic acids is 3. The lowest BCUT2D eigenvalue weighted by Gasteiger charge is -2.20. The summed E-state index contributed by atoms with van der Waals surface area (Å²) in [7, 11) is 2.97. The van der Waals surface area contributed by atoms with Crippen molar-refractivity contribution >= 4 is 29.0 Å². The average Bonchev–Trinajstić information content (AvgIpc) is 3.23. The van der Waals surface area contributed by atoms with Gasteiger partial charge < -0.3 is 19.5 Å². The maximum Gasteiger partial charge on any atom is 0.329 e. The predicted molar refractivity (Wildman–Crippen MR) is 105 cm³/mol. The number of ether oxygens (including phenoxy) is 3. The number of nitrogens with one attached hydrogen (secondary N) is 1. The van der Waals surface area contributed by atoms with E-state index >= 15 is 0 Å². The van der Waals surface area contributed by atoms with Gasteiger partial charge in [-0.05, 0) is 35.6 Å². The second kappa shape index (κ2) is 9.89. The van der Waals surface area contributed by atoms with E-state index in [0.29, 0.717) is 21.9 Å². The van der Waals surface area contributed by atoms with Crippen LogP contribution in [-0.4, -0.2) is 44.5 Å². The van der Waals surface area contributed by atoms with Gasteiger partial charge in [-0.25, -0.2) is 4.79 Å². The first kappa shape index (κ1) is 21.4. The van der Waals surface area contributed by atoms with Crippen LogP contribution in [0.15, 0.2) is 35.7 Å². The van der Waals surface area contributed by atoms with E-state index in [1.54, 1.807) is 43.5 Å². The van der Waals surface area contributed by atoms with Crippen molar-refractivity contribution in [2.75, 3.05) is 20.8 Å². The molecular weight excluding hydrogens is 382 g/mol. The molecule has 0 spiro atoms. The smallest absolute Gasteiger partial charge is 0.329 e. The maximum absolute atomic E-state index is 12.4. The second-order valence-electron chi connectivity index (χ2n) is 6.27. The van der Waals surface area contributed by atoms with Crippen LogP contribution in [0.4, 0.5) is 0 Å². The highest BCUT2D eigenvalue weighted by Crippen LogP contribution is 2.27. The first-order valence-corrected chi connectivity index (χ1v) is 9.51. The number of hydrogen-bond acceptors (Lipinski definition) is 7. The van der Waals surface area contributed by atoms with Crippen LogP contribution in [0.2, 0.25) is 0 Å². The lowest BCUT2D eigenvalue weighted by Crippen LogP contribution is -2.45. The number of thiophene rings is 1. The van der Waals surface area contributed by atoms with Crippen LogP contribution >= 0.6 is 11.3 Å². The molecule has 1 atom stereocenters. The molecule has 8 heteroatoms. The minimum Gasteiger partial charge on any atom is -0.493 e. The molecule has 1 aromatic carbocycles. The van der Waals surface area contributed by atoms with Crippen LogP contribution in [0.5, 0.6) is 11.5 Å². The summed E-state index contributed by atoms with van der Waals surface area (Å²) in [6.07, 6.45) is 0. The molecule has 0 aliphatic rings. The SMILES string of the molecule is COc1ccc(C(=O)COC(=O)[C@@H](NC(=O)c2cccs2)C(C)C)cc1OC. The van der Waals surface area contributed by atoms with Crippen molar-refractivity contribution in [3.8, 4) is 11.5 Å². The van der Waals surface area contributed by atoms with Crippen molar-refractivity contribution in [1.82, 2.24) is 5.32 Å². The van der Waals surface area contributed by atoms with E-state index in [0.717, 1.165) is 0 Å². The highest BCUT2D eigenvalue weighted by molar-refractivity contribution is 7.12. The molecule has 1 aromatic heterocycles. The molecule has 2 aromatic rings. The molecule has 150 valence electrons. The van der Waals surface area contributed by atoms with E-state index in [9.17, 15) is 14.4 Å². The van der Waals surface area contributed by atoms with Crippen molar-refractivity contribution in [1.29, 1.82) is 0 Å². The van der Waals surface area contributed by atoms with Crippen molar-refractivity contribution in [2.45, 2.75) is 19.9 Å². The summed E-state index contributed by atoms with van der Waals surface area (Å²) in [4.78, 5) is 37.5. The summed E-state index contributed by atoms with van der Waals surface area (Å²) in [5.74, 6) is -0.699. The van der Waals surface area contributed by atoms with Crippen LogP contribution in [0.1, 0.15) is 33.9 Å². The molecule has 1 heterocycles. The lowest BCUT2D eigenvalue weighted by atomic mass is 10.0. The number of hydrogen-bond donors (Lipinski definition) is 1. The first-order valence-electron chi connectivity index (χ1n) is 8.63. The van der Waals surface area contributed by atoms with Gasteiger partial charge in [0.1, 0.15) is 6.04 Å². The van der Waals surface area contributed by atoms with Crippen molar-refractivity contribution in [2.24, 2.45) is 5.92 Å². The van der Waals surface area contributed by atoms with Crippen LogP contribution in [0.3, 0.4) is 0 Å². The third-order valence-electron chi connectivity index (χ3n) is 4.00. The fourth-order valence-electron chi connectivity index (χ4n) is 2.44. The molecule has 0 aliphatic heterocycles. The lowest BCUT2D eigenvalue weighted by molar-refractivity contribution is -0.145. The number of esters is 1. The molecule has 0 aliphatic carbocycles. The number of ketones is 1. The highest BCUT2D eigenvalue weighted by Gasteiger charge is 2.27. The van der Waals surface area contributed by atoms with Crippen LogP contribution in [0, 0.1) is 5.92 Å². The Kier molecular flexibility index (Phi) is 7.57. The monoisotopic (exact) mass is 405 g/mol. The van der Waals surface area contributed by atoms with Crippen LogP contribution in [0.25, 0.3) is 0 Å². The Morgan fingerprint density at radius 1 is 1.07 bits per heavy atom. The van der Waals surface area contributed by atoms with Crippen LogP contribution in [-0.2, 0) is 9.53 Å². The van der Waals surface area contributed by atoms with Gasteiger partial charge in [0, 0.05) is 5.56 Å². The van der Waals surface area contributed by atoms with Gasteiger partial charge in [0.05, 0.1) is 19.1 Å².